The Bertz CT molecular complexity index is 687. The summed E-state index contributed by atoms with van der Waals surface area (Å²) < 4.78 is 5.60. The first-order valence-corrected chi connectivity index (χ1v) is 7.46. The monoisotopic (exact) mass is 277 g/mol. The summed E-state index contributed by atoms with van der Waals surface area (Å²) in [5, 5.41) is 0. The number of aromatic nitrogens is 1. The molecule has 0 bridgehead atoms. The van der Waals surface area contributed by atoms with Gasteiger partial charge in [0, 0.05) is 17.3 Å². The van der Waals surface area contributed by atoms with Crippen LogP contribution in [0.15, 0.2) is 65.4 Å². The van der Waals surface area contributed by atoms with Crippen LogP contribution in [0.4, 0.5) is 0 Å². The summed E-state index contributed by atoms with van der Waals surface area (Å²) in [7, 11) is 0. The average Bonchev–Trinajstić information content (AvgIpc) is 3.08. The van der Waals surface area contributed by atoms with Gasteiger partial charge in [0.05, 0.1) is 12.0 Å². The molecule has 0 radical (unpaired) electrons. The molecule has 2 heteroatoms. The highest BCUT2D eigenvalue weighted by Crippen LogP contribution is 2.29. The molecule has 0 saturated heterocycles. The van der Waals surface area contributed by atoms with Gasteiger partial charge in [-0.05, 0) is 36.6 Å². The summed E-state index contributed by atoms with van der Waals surface area (Å²) >= 11 is 0. The Hall–Kier alpha value is -2.35. The summed E-state index contributed by atoms with van der Waals surface area (Å²) in [6, 6.07) is 16.3. The summed E-state index contributed by atoms with van der Waals surface area (Å²) in [5.74, 6) is 0.917. The molecule has 106 valence electrons. The normalized spacial score (nSPS) is 10.7. The van der Waals surface area contributed by atoms with Crippen molar-refractivity contribution in [2.75, 3.05) is 0 Å². The number of benzene rings is 1. The van der Waals surface area contributed by atoms with E-state index in [2.05, 4.69) is 30.1 Å². The Balaban J connectivity index is 2.04. The Labute approximate surface area is 125 Å². The number of hydrogen-bond acceptors (Lipinski definition) is 2. The summed E-state index contributed by atoms with van der Waals surface area (Å²) in [5.41, 5.74) is 4.53. The van der Waals surface area contributed by atoms with Gasteiger partial charge in [0.15, 0.2) is 0 Å². The van der Waals surface area contributed by atoms with Crippen LogP contribution in [0.5, 0.6) is 0 Å². The molecule has 1 aromatic carbocycles. The first-order chi connectivity index (χ1) is 10.4. The van der Waals surface area contributed by atoms with Crippen LogP contribution in [0.2, 0.25) is 0 Å². The molecule has 0 aliphatic rings. The quantitative estimate of drug-likeness (QED) is 0.628. The lowest BCUT2D eigenvalue weighted by Gasteiger charge is -2.09. The highest BCUT2D eigenvalue weighted by atomic mass is 16.3. The Morgan fingerprint density at radius 1 is 1.05 bits per heavy atom. The van der Waals surface area contributed by atoms with Gasteiger partial charge in [0.25, 0.3) is 0 Å². The van der Waals surface area contributed by atoms with Crippen molar-refractivity contribution < 1.29 is 4.42 Å². The van der Waals surface area contributed by atoms with Crippen molar-refractivity contribution in [1.82, 2.24) is 4.98 Å². The number of aryl methyl sites for hydroxylation is 1. The lowest BCUT2D eigenvalue weighted by atomic mass is 10.00. The molecule has 0 atom stereocenters. The zero-order valence-corrected chi connectivity index (χ0v) is 12.3. The van der Waals surface area contributed by atoms with Gasteiger partial charge in [0.1, 0.15) is 5.76 Å². The number of furan rings is 1. The van der Waals surface area contributed by atoms with Gasteiger partial charge in [-0.2, -0.15) is 0 Å². The molecule has 0 saturated carbocycles. The van der Waals surface area contributed by atoms with Crippen LogP contribution in [-0.4, -0.2) is 4.98 Å². The Morgan fingerprint density at radius 2 is 1.90 bits per heavy atom. The molecule has 0 fully saturated rings. The molecule has 0 aliphatic carbocycles. The smallest absolute Gasteiger partial charge is 0.134 e. The van der Waals surface area contributed by atoms with Crippen molar-refractivity contribution in [3.05, 3.63) is 66.6 Å². The number of hydrogen-bond donors (Lipinski definition) is 0. The van der Waals surface area contributed by atoms with Crippen molar-refractivity contribution in [1.29, 1.82) is 0 Å². The second-order valence-corrected chi connectivity index (χ2v) is 5.17. The van der Waals surface area contributed by atoms with Crippen molar-refractivity contribution in [2.45, 2.75) is 26.2 Å². The molecule has 3 aromatic rings. The van der Waals surface area contributed by atoms with Crippen LogP contribution in [0.25, 0.3) is 22.6 Å². The molecular weight excluding hydrogens is 258 g/mol. The predicted molar refractivity (Wildman–Crippen MR) is 86.0 cm³/mol. The summed E-state index contributed by atoms with van der Waals surface area (Å²) in [4.78, 5) is 4.63. The van der Waals surface area contributed by atoms with Gasteiger partial charge in [0.2, 0.25) is 0 Å². The number of unbranched alkanes of at least 4 members (excludes halogenated alkanes) is 1. The molecule has 3 rings (SSSR count). The van der Waals surface area contributed by atoms with E-state index >= 15 is 0 Å². The van der Waals surface area contributed by atoms with Gasteiger partial charge in [-0.15, -0.1) is 0 Å². The number of nitrogens with zero attached hydrogens (tertiary/aromatic N) is 1. The van der Waals surface area contributed by atoms with E-state index in [-0.39, 0.29) is 0 Å². The minimum atomic E-state index is 0.917. The first kappa shape index (κ1) is 13.6. The van der Waals surface area contributed by atoms with Crippen LogP contribution in [-0.2, 0) is 6.42 Å². The Kier molecular flexibility index (Phi) is 4.15. The molecule has 0 unspecified atom stereocenters. The topological polar surface area (TPSA) is 26.0 Å². The van der Waals surface area contributed by atoms with Crippen LogP contribution in [0.1, 0.15) is 25.3 Å². The third kappa shape index (κ3) is 3.05. The highest BCUT2D eigenvalue weighted by molar-refractivity contribution is 5.70. The lowest BCUT2D eigenvalue weighted by molar-refractivity contribution is 0.581. The zero-order valence-electron chi connectivity index (χ0n) is 12.3. The maximum absolute atomic E-state index is 5.60. The van der Waals surface area contributed by atoms with E-state index in [4.69, 9.17) is 4.42 Å². The summed E-state index contributed by atoms with van der Waals surface area (Å²) in [6.45, 7) is 2.21. The lowest BCUT2D eigenvalue weighted by Crippen LogP contribution is -1.94. The number of rotatable bonds is 5. The van der Waals surface area contributed by atoms with Gasteiger partial charge in [-0.1, -0.05) is 43.7 Å². The third-order valence-electron chi connectivity index (χ3n) is 3.64. The second-order valence-electron chi connectivity index (χ2n) is 5.17. The number of pyridine rings is 1. The van der Waals surface area contributed by atoms with Crippen molar-refractivity contribution in [3.63, 3.8) is 0 Å². The predicted octanol–water partition coefficient (Wildman–Crippen LogP) is 5.35. The van der Waals surface area contributed by atoms with Gasteiger partial charge >= 0.3 is 0 Å². The van der Waals surface area contributed by atoms with Crippen LogP contribution < -0.4 is 0 Å². The third-order valence-corrected chi connectivity index (χ3v) is 3.64. The van der Waals surface area contributed by atoms with Crippen LogP contribution in [0, 0.1) is 0 Å². The van der Waals surface area contributed by atoms with E-state index in [1.807, 2.05) is 36.5 Å². The van der Waals surface area contributed by atoms with E-state index < -0.39 is 0 Å². The molecule has 0 aliphatic heterocycles. The molecule has 0 N–H and O–H groups in total. The molecule has 0 spiro atoms. The van der Waals surface area contributed by atoms with Crippen molar-refractivity contribution in [3.8, 4) is 22.6 Å². The van der Waals surface area contributed by atoms with E-state index in [1.54, 1.807) is 6.26 Å². The molecule has 0 amide bonds. The summed E-state index contributed by atoms with van der Waals surface area (Å²) in [6.07, 6.45) is 7.10. The van der Waals surface area contributed by atoms with Gasteiger partial charge < -0.3 is 4.42 Å². The molecule has 2 heterocycles. The zero-order chi connectivity index (χ0) is 14.5. The van der Waals surface area contributed by atoms with E-state index in [1.165, 1.54) is 18.4 Å². The van der Waals surface area contributed by atoms with E-state index in [9.17, 15) is 0 Å². The fourth-order valence-corrected chi connectivity index (χ4v) is 2.48. The highest BCUT2D eigenvalue weighted by Gasteiger charge is 2.10. The maximum Gasteiger partial charge on any atom is 0.134 e. The van der Waals surface area contributed by atoms with Gasteiger partial charge in [-0.25, -0.2) is 0 Å². The fourth-order valence-electron chi connectivity index (χ4n) is 2.48. The standard InChI is InChI=1S/C19H19NO/c1-2-3-8-16-14-20-18(15-9-5-4-6-10-15)13-17(16)19-11-7-12-21-19/h4-7,9-14H,2-3,8H2,1H3. The first-order valence-electron chi connectivity index (χ1n) is 7.46. The molecule has 2 nitrogen and oxygen atoms in total. The van der Waals surface area contributed by atoms with E-state index in [0.29, 0.717) is 0 Å². The molecular formula is C19H19NO. The minimum Gasteiger partial charge on any atom is -0.464 e. The van der Waals surface area contributed by atoms with Crippen molar-refractivity contribution in [2.24, 2.45) is 0 Å². The van der Waals surface area contributed by atoms with Crippen molar-refractivity contribution >= 4 is 0 Å². The molecule has 21 heavy (non-hydrogen) atoms. The average molecular weight is 277 g/mol. The van der Waals surface area contributed by atoms with Crippen LogP contribution >= 0.6 is 0 Å². The second kappa shape index (κ2) is 6.40. The van der Waals surface area contributed by atoms with Crippen LogP contribution in [0.3, 0.4) is 0 Å². The maximum atomic E-state index is 5.60. The van der Waals surface area contributed by atoms with E-state index in [0.717, 1.165) is 29.0 Å². The Morgan fingerprint density at radius 3 is 2.62 bits per heavy atom. The molecule has 2 aromatic heterocycles. The SMILES string of the molecule is CCCCc1cnc(-c2ccccc2)cc1-c1ccco1. The fraction of sp³-hybridized carbons (Fsp3) is 0.211. The largest absolute Gasteiger partial charge is 0.464 e. The van der Waals surface area contributed by atoms with Gasteiger partial charge in [-0.3, -0.25) is 4.98 Å². The minimum absolute atomic E-state index is 0.917.